The van der Waals surface area contributed by atoms with Gasteiger partial charge in [0.05, 0.1) is 30.5 Å². The Morgan fingerprint density at radius 3 is 2.52 bits per heavy atom. The van der Waals surface area contributed by atoms with Gasteiger partial charge in [0.1, 0.15) is 36.2 Å². The topological polar surface area (TPSA) is 166 Å². The summed E-state index contributed by atoms with van der Waals surface area (Å²) < 4.78 is 14.6. The average Bonchev–Trinajstić information content (AvgIpc) is 3.92. The van der Waals surface area contributed by atoms with E-state index < -0.39 is 47.2 Å². The number of likely N-dealkylation sites (tertiary alicyclic amines) is 1. The Hall–Kier alpha value is -6.35. The van der Waals surface area contributed by atoms with Crippen LogP contribution in [0.25, 0.3) is 33.3 Å². The number of benzene rings is 3. The number of carbonyl (C=O) groups excluding carboxylic acids is 5. The number of aromatic nitrogens is 1. The van der Waals surface area contributed by atoms with Crippen molar-refractivity contribution in [2.24, 2.45) is 17.3 Å². The highest BCUT2D eigenvalue weighted by atomic mass is 16.5. The molecule has 4 aromatic rings. The fourth-order valence-electron chi connectivity index (χ4n) is 10.4. The van der Waals surface area contributed by atoms with E-state index in [-0.39, 0.29) is 49.6 Å². The standard InChI is InChI=1S/C52H65N7O8/c1-9-45(61)57-19-17-35(29-57)49(63)56(8)46(31(3)4)48(62)53-41-24-32-22-36(25-37(60)23-32)33-13-15-42-38(26-33)39(28-52(5,6)30-67-51(65)40-12-11-18-59(54-40)50(41)64)47(58(42)10-2)34-14-16-43-44(27-34)66-21-20-55(43)7/h9,13-16,22-23,25-27,31,35,40-41,46,54,60H,1,10-12,17-21,24,28-30H2,2-8H3,(H,53,62)/t35-,40-,41-,46?/m0/s1. The molecule has 4 aliphatic rings. The number of likely N-dealkylation sites (N-methyl/N-ethyl adjacent to an activating group) is 2. The van der Waals surface area contributed by atoms with Gasteiger partial charge < -0.3 is 39.2 Å². The van der Waals surface area contributed by atoms with Gasteiger partial charge in [-0.15, -0.1) is 0 Å². The Labute approximate surface area is 393 Å². The number of ether oxygens (including phenoxy) is 2. The molecular formula is C52H65N7O8. The summed E-state index contributed by atoms with van der Waals surface area (Å²) in [5.41, 5.74) is 10.0. The highest BCUT2D eigenvalue weighted by Crippen LogP contribution is 2.43. The summed E-state index contributed by atoms with van der Waals surface area (Å²) in [6.45, 7) is 16.7. The number of phenolic OH excluding ortho intramolecular Hbond substituents is 1. The largest absolute Gasteiger partial charge is 0.508 e. The highest BCUT2D eigenvalue weighted by molar-refractivity contribution is 5.96. The van der Waals surface area contributed by atoms with Crippen LogP contribution in [0, 0.1) is 17.3 Å². The molecule has 4 aliphatic heterocycles. The summed E-state index contributed by atoms with van der Waals surface area (Å²) in [5.74, 6) is -1.99. The number of hydrogen-bond donors (Lipinski definition) is 3. The van der Waals surface area contributed by atoms with Gasteiger partial charge in [-0.3, -0.25) is 29.0 Å². The molecule has 0 radical (unpaired) electrons. The molecule has 3 N–H and O–H groups in total. The number of esters is 1. The molecule has 1 unspecified atom stereocenters. The molecule has 0 saturated carbocycles. The van der Waals surface area contributed by atoms with Crippen molar-refractivity contribution in [3.8, 4) is 33.9 Å². The van der Waals surface area contributed by atoms with E-state index in [0.717, 1.165) is 56.8 Å². The molecule has 356 valence electrons. The zero-order valence-corrected chi connectivity index (χ0v) is 39.9. The molecule has 67 heavy (non-hydrogen) atoms. The van der Waals surface area contributed by atoms with Gasteiger partial charge in [-0.2, -0.15) is 0 Å². The molecule has 6 bridgehead atoms. The van der Waals surface area contributed by atoms with Crippen LogP contribution in [0.4, 0.5) is 5.69 Å². The normalized spacial score (nSPS) is 21.3. The third-order valence-electron chi connectivity index (χ3n) is 13.9. The van der Waals surface area contributed by atoms with Crippen molar-refractivity contribution in [1.29, 1.82) is 0 Å². The Kier molecular flexibility index (Phi) is 13.4. The van der Waals surface area contributed by atoms with Gasteiger partial charge in [-0.25, -0.2) is 5.43 Å². The SMILES string of the molecule is C=CC(=O)N1CC[C@H](C(=O)N(C)C(C(=O)N[C@H]2Cc3cc(O)cc(c3)-c3ccc4c(c3)c(c(-c3ccc5c(c3)OCCN5C)n4CC)CC(C)(C)COC(=O)[C@@H]3CCCN(N3)C2=O)C(C)C)C1. The van der Waals surface area contributed by atoms with E-state index in [0.29, 0.717) is 50.9 Å². The van der Waals surface area contributed by atoms with E-state index in [1.165, 1.54) is 16.0 Å². The third-order valence-corrected chi connectivity index (χ3v) is 13.9. The average molecular weight is 916 g/mol. The van der Waals surface area contributed by atoms with Crippen LogP contribution in [0.1, 0.15) is 65.0 Å². The molecule has 1 aromatic heterocycles. The third kappa shape index (κ3) is 9.61. The van der Waals surface area contributed by atoms with Crippen LogP contribution in [0.15, 0.2) is 67.3 Å². The van der Waals surface area contributed by atoms with Crippen molar-refractivity contribution >= 4 is 46.2 Å². The summed E-state index contributed by atoms with van der Waals surface area (Å²) in [6.07, 6.45) is 3.22. The minimum Gasteiger partial charge on any atom is -0.508 e. The van der Waals surface area contributed by atoms with Crippen molar-refractivity contribution in [1.82, 2.24) is 30.1 Å². The number of amides is 4. The van der Waals surface area contributed by atoms with Crippen LogP contribution in [-0.2, 0) is 48.1 Å². The van der Waals surface area contributed by atoms with Crippen LogP contribution in [-0.4, -0.2) is 126 Å². The molecule has 2 fully saturated rings. The molecule has 15 heteroatoms. The summed E-state index contributed by atoms with van der Waals surface area (Å²) in [6, 6.07) is 15.0. The van der Waals surface area contributed by atoms with E-state index in [1.807, 2.05) is 26.0 Å². The van der Waals surface area contributed by atoms with Gasteiger partial charge in [0.2, 0.25) is 17.7 Å². The molecule has 0 spiro atoms. The smallest absolute Gasteiger partial charge is 0.324 e. The number of cyclic esters (lactones) is 1. The van der Waals surface area contributed by atoms with Crippen LogP contribution in [0.5, 0.6) is 11.5 Å². The minimum atomic E-state index is -1.16. The lowest BCUT2D eigenvalue weighted by Crippen LogP contribution is -2.62. The quantitative estimate of drug-likeness (QED) is 0.148. The van der Waals surface area contributed by atoms with E-state index in [4.69, 9.17) is 9.47 Å². The molecule has 8 rings (SSSR count). The zero-order chi connectivity index (χ0) is 47.9. The number of aryl methyl sites for hydroxylation is 1. The number of anilines is 1. The molecule has 0 aliphatic carbocycles. The Bertz CT molecular complexity index is 2600. The Balaban J connectivity index is 1.19. The van der Waals surface area contributed by atoms with Crippen molar-refractivity contribution in [3.05, 3.63) is 78.4 Å². The Morgan fingerprint density at radius 2 is 1.78 bits per heavy atom. The van der Waals surface area contributed by atoms with Crippen LogP contribution in [0.2, 0.25) is 0 Å². The fourth-order valence-corrected chi connectivity index (χ4v) is 10.4. The molecule has 4 amide bonds. The zero-order valence-electron chi connectivity index (χ0n) is 39.9. The maximum Gasteiger partial charge on any atom is 0.324 e. The molecular weight excluding hydrogens is 851 g/mol. The monoisotopic (exact) mass is 915 g/mol. The molecule has 3 aromatic carbocycles. The second kappa shape index (κ2) is 19.1. The number of carbonyl (C=O) groups is 5. The summed E-state index contributed by atoms with van der Waals surface area (Å²) in [5, 5.41) is 16.8. The van der Waals surface area contributed by atoms with Crippen LogP contribution >= 0.6 is 0 Å². The lowest BCUT2D eigenvalue weighted by atomic mass is 9.84. The van der Waals surface area contributed by atoms with Crippen molar-refractivity contribution < 1.29 is 38.6 Å². The van der Waals surface area contributed by atoms with Gasteiger partial charge in [0, 0.05) is 68.6 Å². The van der Waals surface area contributed by atoms with Gasteiger partial charge >= 0.3 is 5.97 Å². The molecule has 15 nitrogen and oxygen atoms in total. The maximum absolute atomic E-state index is 14.7. The lowest BCUT2D eigenvalue weighted by Gasteiger charge is -2.37. The van der Waals surface area contributed by atoms with E-state index >= 15 is 0 Å². The summed E-state index contributed by atoms with van der Waals surface area (Å²) in [4.78, 5) is 74.6. The van der Waals surface area contributed by atoms with E-state index in [2.05, 4.69) is 84.9 Å². The lowest BCUT2D eigenvalue weighted by molar-refractivity contribution is -0.155. The first-order chi connectivity index (χ1) is 32.0. The number of nitrogens with zero attached hydrogens (tertiary/aromatic N) is 5. The number of aromatic hydroxyl groups is 1. The van der Waals surface area contributed by atoms with Crippen molar-refractivity contribution in [2.45, 2.75) is 91.4 Å². The first-order valence-electron chi connectivity index (χ1n) is 23.7. The van der Waals surface area contributed by atoms with E-state index in [9.17, 15) is 29.1 Å². The predicted octanol–water partition coefficient (Wildman–Crippen LogP) is 5.70. The molecule has 5 heterocycles. The second-order valence-corrected chi connectivity index (χ2v) is 19.8. The number of phenols is 1. The van der Waals surface area contributed by atoms with E-state index in [1.54, 1.807) is 24.1 Å². The first kappa shape index (κ1) is 47.2. The number of hydrogen-bond acceptors (Lipinski definition) is 10. The number of hydrazine groups is 1. The molecule has 4 atom stereocenters. The number of nitrogens with one attached hydrogen (secondary N) is 2. The minimum absolute atomic E-state index is 0.00318. The van der Waals surface area contributed by atoms with Gasteiger partial charge in [-0.1, -0.05) is 52.5 Å². The number of fused-ring (bicyclic) bond motifs is 7. The second-order valence-electron chi connectivity index (χ2n) is 19.8. The van der Waals surface area contributed by atoms with Gasteiger partial charge in [-0.05, 0) is 103 Å². The van der Waals surface area contributed by atoms with Gasteiger partial charge in [0.15, 0.2) is 0 Å². The molecule has 2 saturated heterocycles. The first-order valence-corrected chi connectivity index (χ1v) is 23.7. The van der Waals surface area contributed by atoms with Crippen LogP contribution in [0.3, 0.4) is 0 Å². The number of rotatable bonds is 8. The van der Waals surface area contributed by atoms with Crippen LogP contribution < -0.4 is 20.4 Å². The summed E-state index contributed by atoms with van der Waals surface area (Å²) >= 11 is 0. The van der Waals surface area contributed by atoms with Crippen molar-refractivity contribution in [2.75, 3.05) is 58.4 Å². The summed E-state index contributed by atoms with van der Waals surface area (Å²) in [7, 11) is 3.65. The predicted molar refractivity (Wildman–Crippen MR) is 257 cm³/mol. The Morgan fingerprint density at radius 1 is 1.00 bits per heavy atom. The highest BCUT2D eigenvalue weighted by Gasteiger charge is 2.40. The van der Waals surface area contributed by atoms with Crippen molar-refractivity contribution in [3.63, 3.8) is 0 Å². The van der Waals surface area contributed by atoms with Gasteiger partial charge in [0.25, 0.3) is 5.91 Å². The maximum atomic E-state index is 14.7. The fraction of sp³-hybridized carbons (Fsp3) is 0.481.